The maximum absolute atomic E-state index is 11.8. The minimum atomic E-state index is -0.364. The molecule has 16 unspecified atom stereocenters. The van der Waals surface area contributed by atoms with Crippen molar-refractivity contribution in [3.8, 4) is 0 Å². The molecule has 7 aliphatic carbocycles. The first-order valence-electron chi connectivity index (χ1n) is 41.6. The number of hydrogen-bond acceptors (Lipinski definition) is 21. The van der Waals surface area contributed by atoms with Crippen molar-refractivity contribution >= 4 is 41.8 Å². The molecule has 7 fully saturated rings. The number of unbranched alkanes of at least 4 members (excludes halogenated alkanes) is 2. The molecule has 0 aliphatic heterocycles. The summed E-state index contributed by atoms with van der Waals surface area (Å²) in [7, 11) is 12.0. The van der Waals surface area contributed by atoms with Gasteiger partial charge in [-0.25, -0.2) is 33.6 Å². The molecule has 0 N–H and O–H groups in total. The molecule has 0 radical (unpaired) electrons. The summed E-state index contributed by atoms with van der Waals surface area (Å²) in [4.78, 5) is 80.4. The molecule has 644 valence electrons. The second-order valence-electron chi connectivity index (χ2n) is 32.9. The minimum absolute atomic E-state index is 0.209. The third kappa shape index (κ3) is 33.4. The number of rotatable bonds is 35. The SMILES string of the molecule is C=C(C)C(=O)OC1(C(C)C)CCC(OC)C1.C=C(C)C(=O)OC1(C(C)CC)CCC(OC)C1.C=C(C)C(=O)OC1(CCCC)CCC(OC)C1.C=CC(=O)OC1(C(C)C)CCC(OC)C1.C=CC(=O)OC1(C(C)CC)CCC(OC)C1.C=CC(=O)OC1(CCC)CCC(OC)C1.C=CC(=O)OC1(CCCC)CCC(OC)C1. The van der Waals surface area contributed by atoms with Crippen molar-refractivity contribution in [2.45, 2.75) is 378 Å². The van der Waals surface area contributed by atoms with Crippen LogP contribution in [0.1, 0.15) is 296 Å². The van der Waals surface area contributed by atoms with E-state index in [2.05, 4.69) is 122 Å². The van der Waals surface area contributed by atoms with Gasteiger partial charge in [0.2, 0.25) is 0 Å². The zero-order valence-corrected chi connectivity index (χ0v) is 73.6. The first-order valence-corrected chi connectivity index (χ1v) is 41.6. The Morgan fingerprint density at radius 1 is 0.321 bits per heavy atom. The fraction of sp³-hybridized carbons (Fsp3) is 0.769. The van der Waals surface area contributed by atoms with E-state index >= 15 is 0 Å². The van der Waals surface area contributed by atoms with Crippen molar-refractivity contribution in [1.29, 1.82) is 0 Å². The van der Waals surface area contributed by atoms with Gasteiger partial charge in [0.25, 0.3) is 0 Å². The predicted octanol–water partition coefficient (Wildman–Crippen LogP) is 19.3. The van der Waals surface area contributed by atoms with Crippen molar-refractivity contribution in [2.75, 3.05) is 49.8 Å². The summed E-state index contributed by atoms with van der Waals surface area (Å²) in [6.07, 6.45) is 35.3. The quantitative estimate of drug-likeness (QED) is 0.0325. The summed E-state index contributed by atoms with van der Waals surface area (Å²) in [6, 6.07) is 0. The van der Waals surface area contributed by atoms with Gasteiger partial charge in [0.1, 0.15) is 39.2 Å². The van der Waals surface area contributed by atoms with E-state index in [0.717, 1.165) is 199 Å². The molecule has 16 atom stereocenters. The van der Waals surface area contributed by atoms with Gasteiger partial charge in [0, 0.05) is 136 Å². The third-order valence-corrected chi connectivity index (χ3v) is 24.4. The molecule has 112 heavy (non-hydrogen) atoms. The second-order valence-corrected chi connectivity index (χ2v) is 32.9. The zero-order chi connectivity index (χ0) is 85.3. The van der Waals surface area contributed by atoms with Gasteiger partial charge in [-0.05, 0) is 179 Å². The van der Waals surface area contributed by atoms with E-state index in [4.69, 9.17) is 66.3 Å². The van der Waals surface area contributed by atoms with Crippen LogP contribution >= 0.6 is 0 Å². The van der Waals surface area contributed by atoms with E-state index in [1.54, 1.807) is 70.5 Å². The van der Waals surface area contributed by atoms with Gasteiger partial charge in [-0.15, -0.1) is 0 Å². The van der Waals surface area contributed by atoms with Crippen LogP contribution in [-0.4, -0.2) is 173 Å². The molecule has 0 aromatic heterocycles. The van der Waals surface area contributed by atoms with Crippen LogP contribution in [0.3, 0.4) is 0 Å². The highest BCUT2D eigenvalue weighted by Gasteiger charge is 2.50. The Hall–Kier alpha value is -5.81. The van der Waals surface area contributed by atoms with Gasteiger partial charge in [-0.1, -0.05) is 141 Å². The summed E-state index contributed by atoms with van der Waals surface area (Å²) in [5.74, 6) is -0.795. The average Bonchev–Trinajstić information content (AvgIpc) is 1.67. The summed E-state index contributed by atoms with van der Waals surface area (Å²) in [5, 5.41) is 0. The molecule has 21 heteroatoms. The molecular formula is C91H154O21. The molecule has 7 saturated carbocycles. The number of esters is 7. The van der Waals surface area contributed by atoms with Gasteiger partial charge in [0.15, 0.2) is 0 Å². The van der Waals surface area contributed by atoms with Crippen LogP contribution in [0, 0.1) is 23.7 Å². The lowest BCUT2D eigenvalue weighted by atomic mass is 9.85. The number of hydrogen-bond donors (Lipinski definition) is 0. The molecule has 0 spiro atoms. The molecule has 0 saturated heterocycles. The van der Waals surface area contributed by atoms with Crippen molar-refractivity contribution in [3.05, 3.63) is 87.1 Å². The summed E-state index contributed by atoms with van der Waals surface area (Å²) >= 11 is 0. The molecule has 0 aromatic rings. The summed E-state index contributed by atoms with van der Waals surface area (Å²) < 4.78 is 76.6. The monoisotopic (exact) mass is 1580 g/mol. The number of methoxy groups -OCH3 is 7. The topological polar surface area (TPSA) is 249 Å². The van der Waals surface area contributed by atoms with Gasteiger partial charge in [-0.2, -0.15) is 0 Å². The molecular weight excluding hydrogens is 1430 g/mol. The highest BCUT2D eigenvalue weighted by atomic mass is 16.6. The lowest BCUT2D eigenvalue weighted by Crippen LogP contribution is -2.39. The summed E-state index contributed by atoms with van der Waals surface area (Å²) in [6.45, 7) is 53.0. The maximum Gasteiger partial charge on any atom is 0.333 e. The van der Waals surface area contributed by atoms with Crippen molar-refractivity contribution in [3.63, 3.8) is 0 Å². The Labute approximate surface area is 676 Å². The van der Waals surface area contributed by atoms with Gasteiger partial charge < -0.3 is 66.3 Å². The Kier molecular flexibility index (Phi) is 48.4. The van der Waals surface area contributed by atoms with Crippen LogP contribution in [0.15, 0.2) is 87.1 Å². The van der Waals surface area contributed by atoms with E-state index in [1.165, 1.54) is 24.3 Å². The maximum atomic E-state index is 11.8. The molecule has 21 nitrogen and oxygen atoms in total. The molecule has 7 rings (SSSR count). The largest absolute Gasteiger partial charge is 0.456 e. The van der Waals surface area contributed by atoms with Gasteiger partial charge in [0.05, 0.1) is 42.7 Å². The highest BCUT2D eigenvalue weighted by Crippen LogP contribution is 2.47. The van der Waals surface area contributed by atoms with Crippen LogP contribution in [-0.2, 0) is 99.9 Å². The van der Waals surface area contributed by atoms with Crippen LogP contribution in [0.4, 0.5) is 0 Å². The number of carbonyl (C=O) groups excluding carboxylic acids is 7. The van der Waals surface area contributed by atoms with Crippen LogP contribution < -0.4 is 0 Å². The van der Waals surface area contributed by atoms with Crippen LogP contribution in [0.5, 0.6) is 0 Å². The second kappa shape index (κ2) is 52.0. The van der Waals surface area contributed by atoms with Crippen molar-refractivity contribution in [1.82, 2.24) is 0 Å². The summed E-state index contributed by atoms with van der Waals surface area (Å²) in [5.41, 5.74) is -0.944. The number of carbonyl (C=O) groups is 7. The van der Waals surface area contributed by atoms with Gasteiger partial charge >= 0.3 is 41.8 Å². The fourth-order valence-electron chi connectivity index (χ4n) is 16.4. The first kappa shape index (κ1) is 104. The lowest BCUT2D eigenvalue weighted by molar-refractivity contribution is -0.162. The molecule has 7 aliphatic rings. The smallest absolute Gasteiger partial charge is 0.333 e. The predicted molar refractivity (Wildman–Crippen MR) is 442 cm³/mol. The van der Waals surface area contributed by atoms with Gasteiger partial charge in [-0.3, -0.25) is 0 Å². The van der Waals surface area contributed by atoms with Crippen molar-refractivity contribution in [2.24, 2.45) is 23.7 Å². The Morgan fingerprint density at radius 2 is 0.554 bits per heavy atom. The minimum Gasteiger partial charge on any atom is -0.456 e. The molecule has 0 bridgehead atoms. The van der Waals surface area contributed by atoms with Crippen LogP contribution in [0.2, 0.25) is 0 Å². The average molecular weight is 1580 g/mol. The fourth-order valence-corrected chi connectivity index (χ4v) is 16.4. The van der Waals surface area contributed by atoms with E-state index in [0.29, 0.717) is 40.4 Å². The molecule has 0 aromatic carbocycles. The Bertz CT molecular complexity index is 2940. The third-order valence-electron chi connectivity index (χ3n) is 24.4. The standard InChI is InChI=1S/2C14H24O3.3C13H22O3.2C12H20O3/c1-6-11(4)14(17-13(15)10(2)3)8-7-12(9-14)16-5;1-5-6-8-14(17-13(15)11(2)3)9-7-12(10-14)16-4;1-9(2)12(14)16-13(10(3)4)7-6-11(8-13)15-5;1-5-10(3)13(16-12(14)6-2)8-7-11(9-13)15-4;1-4-6-8-13(16-12(14)5-2)9-7-11(10-13)15-3;1-5-11(13)15-12(9(2)3)7-6-10(8-12)14-4;1-4-7-12(15-11(13)5-2)8-6-10(9-12)14-3/h11-12H,2,6-9H2,1,3-5H3;12H,2,5-10H2,1,3-4H3;10-11H,1,6-8H2,2-5H3;6,10-11H,2,5,7-9H2,1,3-4H3;5,11H,2,4,6-10H2,1,3H3;5,9-10H,1,6-8H2,2-4H3;5,10H,2,4,6-9H2,1,3H3. The van der Waals surface area contributed by atoms with E-state index in [-0.39, 0.29) is 124 Å². The van der Waals surface area contributed by atoms with Crippen LogP contribution in [0.25, 0.3) is 0 Å². The molecule has 0 heterocycles. The highest BCUT2D eigenvalue weighted by molar-refractivity contribution is 5.88. The number of ether oxygens (including phenoxy) is 14. The Balaban J connectivity index is 0.000000654. The Morgan fingerprint density at radius 3 is 0.812 bits per heavy atom. The molecule has 0 amide bonds. The first-order chi connectivity index (χ1) is 52.8. The van der Waals surface area contributed by atoms with Crippen molar-refractivity contribution < 1.29 is 99.9 Å². The lowest BCUT2D eigenvalue weighted by Gasteiger charge is -2.35. The zero-order valence-electron chi connectivity index (χ0n) is 73.6. The van der Waals surface area contributed by atoms with E-state index < -0.39 is 0 Å². The normalized spacial score (nSPS) is 29.7. The van der Waals surface area contributed by atoms with E-state index in [1.807, 2.05) is 0 Å². The van der Waals surface area contributed by atoms with E-state index in [9.17, 15) is 33.6 Å².